The first-order valence-electron chi connectivity index (χ1n) is 8.26. The smallest absolute Gasteiger partial charge is 0.243 e. The molecule has 23 heavy (non-hydrogen) atoms. The van der Waals surface area contributed by atoms with Gasteiger partial charge in [-0.25, -0.2) is 0 Å². The molecule has 0 aliphatic carbocycles. The zero-order valence-corrected chi connectivity index (χ0v) is 13.8. The van der Waals surface area contributed by atoms with Crippen molar-refractivity contribution in [3.8, 4) is 0 Å². The van der Waals surface area contributed by atoms with Crippen molar-refractivity contribution < 1.29 is 14.1 Å². The quantitative estimate of drug-likeness (QED) is 0.832. The van der Waals surface area contributed by atoms with E-state index in [9.17, 15) is 4.79 Å². The number of amides is 1. The predicted molar refractivity (Wildman–Crippen MR) is 82.8 cm³/mol. The summed E-state index contributed by atoms with van der Waals surface area (Å²) in [6.45, 7) is 9.19. The molecule has 3 rings (SSSR count). The third kappa shape index (κ3) is 4.07. The number of carbonyl (C=O) groups excluding carboxylic acids is 1. The molecule has 1 N–H and O–H groups in total. The highest BCUT2D eigenvalue weighted by Gasteiger charge is 2.28. The fourth-order valence-corrected chi connectivity index (χ4v) is 3.09. The number of hydrogen-bond donors (Lipinski definition) is 1. The van der Waals surface area contributed by atoms with E-state index in [2.05, 4.69) is 27.3 Å². The van der Waals surface area contributed by atoms with Crippen LogP contribution < -0.4 is 5.32 Å². The second-order valence-electron chi connectivity index (χ2n) is 6.20. The second-order valence-corrected chi connectivity index (χ2v) is 6.20. The van der Waals surface area contributed by atoms with E-state index in [1.807, 2.05) is 11.8 Å². The molecule has 8 heteroatoms. The number of rotatable bonds is 4. The molecule has 2 saturated heterocycles. The number of nitrogens with one attached hydrogen (secondary N) is 1. The number of piperazine rings is 1. The lowest BCUT2D eigenvalue weighted by atomic mass is 10.1. The number of nitrogens with zero attached hydrogens (tertiary/aromatic N) is 4. The predicted octanol–water partition coefficient (Wildman–Crippen LogP) is -0.0383. The normalized spacial score (nSPS) is 24.6. The second kappa shape index (κ2) is 7.37. The number of aromatic nitrogens is 2. The summed E-state index contributed by atoms with van der Waals surface area (Å²) in [5.41, 5.74) is 0. The van der Waals surface area contributed by atoms with Gasteiger partial charge in [-0.05, 0) is 13.8 Å². The van der Waals surface area contributed by atoms with Crippen LogP contribution >= 0.6 is 0 Å². The fraction of sp³-hybridized carbons (Fsp3) is 0.800. The lowest BCUT2D eigenvalue weighted by Crippen LogP contribution is -2.51. The molecule has 128 valence electrons. The molecule has 2 aliphatic rings. The minimum Gasteiger partial charge on any atom is -0.378 e. The van der Waals surface area contributed by atoms with E-state index in [1.165, 1.54) is 0 Å². The van der Waals surface area contributed by atoms with Gasteiger partial charge in [0.15, 0.2) is 5.82 Å². The summed E-state index contributed by atoms with van der Waals surface area (Å²) in [6, 6.07) is 0.233. The van der Waals surface area contributed by atoms with Crippen LogP contribution in [-0.4, -0.2) is 77.8 Å². The van der Waals surface area contributed by atoms with E-state index < -0.39 is 0 Å². The maximum Gasteiger partial charge on any atom is 0.243 e. The Labute approximate surface area is 136 Å². The number of hydrogen-bond acceptors (Lipinski definition) is 7. The van der Waals surface area contributed by atoms with Crippen molar-refractivity contribution in [2.75, 3.05) is 45.9 Å². The molecule has 0 saturated carbocycles. The Hall–Kier alpha value is -1.51. The number of aryl methyl sites for hydroxylation is 1. The van der Waals surface area contributed by atoms with Gasteiger partial charge in [0.25, 0.3) is 0 Å². The van der Waals surface area contributed by atoms with Gasteiger partial charge in [0, 0.05) is 45.2 Å². The van der Waals surface area contributed by atoms with Gasteiger partial charge in [0.2, 0.25) is 11.8 Å². The van der Waals surface area contributed by atoms with E-state index in [1.54, 1.807) is 0 Å². The average molecular weight is 323 g/mol. The van der Waals surface area contributed by atoms with Crippen molar-refractivity contribution in [3.05, 3.63) is 11.7 Å². The van der Waals surface area contributed by atoms with Gasteiger partial charge in [-0.15, -0.1) is 0 Å². The summed E-state index contributed by atoms with van der Waals surface area (Å²) in [5, 5.41) is 7.17. The third-order valence-corrected chi connectivity index (χ3v) is 4.53. The van der Waals surface area contributed by atoms with E-state index in [4.69, 9.17) is 9.26 Å². The summed E-state index contributed by atoms with van der Waals surface area (Å²) >= 11 is 0. The first-order chi connectivity index (χ1) is 11.1. The Morgan fingerprint density at radius 2 is 2.17 bits per heavy atom. The van der Waals surface area contributed by atoms with Gasteiger partial charge in [0.1, 0.15) is 0 Å². The molecule has 0 bridgehead atoms. The van der Waals surface area contributed by atoms with Crippen LogP contribution in [0.2, 0.25) is 0 Å². The minimum absolute atomic E-state index is 0.0851. The highest BCUT2D eigenvalue weighted by atomic mass is 16.5. The van der Waals surface area contributed by atoms with Gasteiger partial charge >= 0.3 is 0 Å². The Bertz CT molecular complexity index is 521. The van der Waals surface area contributed by atoms with Crippen molar-refractivity contribution in [1.29, 1.82) is 0 Å². The van der Waals surface area contributed by atoms with Crippen molar-refractivity contribution >= 4 is 5.91 Å². The van der Waals surface area contributed by atoms with Crippen molar-refractivity contribution in [2.24, 2.45) is 0 Å². The summed E-state index contributed by atoms with van der Waals surface area (Å²) in [7, 11) is 0. The molecule has 8 nitrogen and oxygen atoms in total. The molecule has 1 aromatic heterocycles. The van der Waals surface area contributed by atoms with Crippen molar-refractivity contribution in [1.82, 2.24) is 25.3 Å². The molecule has 2 fully saturated rings. The zero-order valence-electron chi connectivity index (χ0n) is 13.8. The molecular weight excluding hydrogens is 298 g/mol. The largest absolute Gasteiger partial charge is 0.378 e. The molecule has 3 heterocycles. The van der Waals surface area contributed by atoms with E-state index >= 15 is 0 Å². The Kier molecular flexibility index (Phi) is 5.24. The van der Waals surface area contributed by atoms with E-state index in [0.717, 1.165) is 39.3 Å². The molecule has 2 aliphatic heterocycles. The lowest BCUT2D eigenvalue weighted by molar-refractivity contribution is -0.134. The SMILES string of the molecule is Cc1noc(C(C)N2CCN(C(=O)CC3COCCN3)CC2)n1. The molecule has 0 spiro atoms. The fourth-order valence-electron chi connectivity index (χ4n) is 3.09. The van der Waals surface area contributed by atoms with Gasteiger partial charge in [-0.1, -0.05) is 5.16 Å². The number of ether oxygens (including phenoxy) is 1. The van der Waals surface area contributed by atoms with Crippen molar-refractivity contribution in [2.45, 2.75) is 32.4 Å². The Balaban J connectivity index is 1.46. The van der Waals surface area contributed by atoms with Crippen LogP contribution in [0.15, 0.2) is 4.52 Å². The van der Waals surface area contributed by atoms with Gasteiger partial charge < -0.3 is 19.5 Å². The van der Waals surface area contributed by atoms with Crippen LogP contribution in [0.5, 0.6) is 0 Å². The van der Waals surface area contributed by atoms with E-state index in [0.29, 0.717) is 24.7 Å². The van der Waals surface area contributed by atoms with E-state index in [-0.39, 0.29) is 18.0 Å². The molecule has 1 aromatic rings. The van der Waals surface area contributed by atoms with Crippen LogP contribution in [-0.2, 0) is 9.53 Å². The summed E-state index contributed by atoms with van der Waals surface area (Å²) in [4.78, 5) is 20.9. The number of morpholine rings is 1. The van der Waals surface area contributed by atoms with Crippen LogP contribution in [0, 0.1) is 6.92 Å². The summed E-state index contributed by atoms with van der Waals surface area (Å²) in [6.07, 6.45) is 0.512. The maximum absolute atomic E-state index is 12.4. The lowest BCUT2D eigenvalue weighted by Gasteiger charge is -2.37. The number of carbonyl (C=O) groups is 1. The Morgan fingerprint density at radius 3 is 2.78 bits per heavy atom. The average Bonchev–Trinajstić information content (AvgIpc) is 3.02. The molecule has 2 atom stereocenters. The molecule has 0 aromatic carbocycles. The van der Waals surface area contributed by atoms with Gasteiger partial charge in [-0.3, -0.25) is 9.69 Å². The van der Waals surface area contributed by atoms with Crippen LogP contribution in [0.4, 0.5) is 0 Å². The summed E-state index contributed by atoms with van der Waals surface area (Å²) < 4.78 is 10.7. The molecule has 2 unspecified atom stereocenters. The van der Waals surface area contributed by atoms with Gasteiger partial charge in [0.05, 0.1) is 19.3 Å². The topological polar surface area (TPSA) is 83.7 Å². The third-order valence-electron chi connectivity index (χ3n) is 4.53. The highest BCUT2D eigenvalue weighted by Crippen LogP contribution is 2.20. The summed E-state index contributed by atoms with van der Waals surface area (Å²) in [5.74, 6) is 1.50. The van der Waals surface area contributed by atoms with Crippen molar-refractivity contribution in [3.63, 3.8) is 0 Å². The molecular formula is C15H25N5O3. The Morgan fingerprint density at radius 1 is 1.39 bits per heavy atom. The monoisotopic (exact) mass is 323 g/mol. The van der Waals surface area contributed by atoms with Gasteiger partial charge in [-0.2, -0.15) is 4.98 Å². The minimum atomic E-state index is 0.0851. The first kappa shape index (κ1) is 16.4. The zero-order chi connectivity index (χ0) is 16.2. The standard InChI is InChI=1S/C15H25N5O3/c1-11(15-17-12(2)18-23-15)19-4-6-20(7-5-19)14(21)9-13-10-22-8-3-16-13/h11,13,16H,3-10H2,1-2H3. The molecule has 0 radical (unpaired) electrons. The van der Waals surface area contributed by atoms with Crippen LogP contribution in [0.25, 0.3) is 0 Å². The highest BCUT2D eigenvalue weighted by molar-refractivity contribution is 5.77. The maximum atomic E-state index is 12.4. The first-order valence-corrected chi connectivity index (χ1v) is 8.26. The van der Waals surface area contributed by atoms with Crippen LogP contribution in [0.1, 0.15) is 31.1 Å². The molecule has 1 amide bonds. The van der Waals surface area contributed by atoms with Crippen LogP contribution in [0.3, 0.4) is 0 Å².